The predicted octanol–water partition coefficient (Wildman–Crippen LogP) is 8.55. The van der Waals surface area contributed by atoms with E-state index in [4.69, 9.17) is 44.5 Å². The van der Waals surface area contributed by atoms with Gasteiger partial charge in [-0.15, -0.1) is 11.8 Å². The fraction of sp³-hybridized carbons (Fsp3) is 0.0769. The molecular formula is C26H17Cl3N2OS. The van der Waals surface area contributed by atoms with Gasteiger partial charge in [-0.05, 0) is 65.7 Å². The predicted molar refractivity (Wildman–Crippen MR) is 137 cm³/mol. The summed E-state index contributed by atoms with van der Waals surface area (Å²) in [6, 6.07) is 24.8. The molecule has 7 heteroatoms. The van der Waals surface area contributed by atoms with E-state index < -0.39 is 0 Å². The average molecular weight is 512 g/mol. The molecule has 4 aromatic rings. The number of benzene rings is 3. The molecule has 3 aromatic carbocycles. The highest BCUT2D eigenvalue weighted by atomic mass is 35.5. The Morgan fingerprint density at radius 1 is 0.879 bits per heavy atom. The topological polar surface area (TPSA) is 45.9 Å². The van der Waals surface area contributed by atoms with E-state index in [9.17, 15) is 5.26 Å². The molecule has 33 heavy (non-hydrogen) atoms. The van der Waals surface area contributed by atoms with E-state index in [-0.39, 0.29) is 0 Å². The van der Waals surface area contributed by atoms with E-state index in [0.29, 0.717) is 31.4 Å². The molecule has 0 N–H and O–H groups in total. The van der Waals surface area contributed by atoms with E-state index in [2.05, 4.69) is 6.07 Å². The van der Waals surface area contributed by atoms with E-state index in [0.717, 1.165) is 33.7 Å². The SMILES string of the molecule is COc1ccc(-c2cc(-c3ccc(Cl)cc3)c(C#N)c(SCc3ccc(Cl)cc3Cl)n2)cc1. The van der Waals surface area contributed by atoms with Crippen molar-refractivity contribution in [1.82, 2.24) is 4.98 Å². The number of thioether (sulfide) groups is 1. The highest BCUT2D eigenvalue weighted by molar-refractivity contribution is 7.98. The Labute approximate surface area is 211 Å². The molecule has 1 heterocycles. The molecule has 0 fully saturated rings. The second-order valence-corrected chi connectivity index (χ2v) is 9.35. The first-order valence-electron chi connectivity index (χ1n) is 9.90. The largest absolute Gasteiger partial charge is 0.497 e. The number of rotatable bonds is 6. The third-order valence-electron chi connectivity index (χ3n) is 5.02. The first-order chi connectivity index (χ1) is 16.0. The van der Waals surface area contributed by atoms with Crippen molar-refractivity contribution in [3.63, 3.8) is 0 Å². The van der Waals surface area contributed by atoms with Gasteiger partial charge in [0.15, 0.2) is 0 Å². The molecule has 0 spiro atoms. The third-order valence-corrected chi connectivity index (χ3v) is 6.88. The Morgan fingerprint density at radius 3 is 2.18 bits per heavy atom. The molecule has 164 valence electrons. The van der Waals surface area contributed by atoms with Gasteiger partial charge in [-0.2, -0.15) is 5.26 Å². The van der Waals surface area contributed by atoms with Crippen LogP contribution in [0.5, 0.6) is 5.75 Å². The molecule has 0 atom stereocenters. The molecule has 0 amide bonds. The van der Waals surface area contributed by atoms with Crippen molar-refractivity contribution in [3.8, 4) is 34.2 Å². The molecular weight excluding hydrogens is 495 g/mol. The lowest BCUT2D eigenvalue weighted by molar-refractivity contribution is 0.415. The monoisotopic (exact) mass is 510 g/mol. The maximum Gasteiger partial charge on any atom is 0.118 e. The molecule has 4 rings (SSSR count). The lowest BCUT2D eigenvalue weighted by atomic mass is 9.99. The Kier molecular flexibility index (Phi) is 7.47. The van der Waals surface area contributed by atoms with Crippen LogP contribution in [0.15, 0.2) is 77.8 Å². The lowest BCUT2D eigenvalue weighted by Crippen LogP contribution is -1.96. The van der Waals surface area contributed by atoms with Crippen molar-refractivity contribution >= 4 is 46.6 Å². The highest BCUT2D eigenvalue weighted by Crippen LogP contribution is 2.37. The molecule has 1 aromatic heterocycles. The lowest BCUT2D eigenvalue weighted by Gasteiger charge is -2.13. The molecule has 0 bridgehead atoms. The fourth-order valence-corrected chi connectivity index (χ4v) is 4.97. The highest BCUT2D eigenvalue weighted by Gasteiger charge is 2.17. The van der Waals surface area contributed by atoms with Crippen molar-refractivity contribution in [1.29, 1.82) is 5.26 Å². The Hall–Kier alpha value is -2.68. The van der Waals surface area contributed by atoms with Crippen molar-refractivity contribution in [3.05, 3.63) is 99.0 Å². The first kappa shape index (κ1) is 23.5. The summed E-state index contributed by atoms with van der Waals surface area (Å²) in [6.07, 6.45) is 0. The van der Waals surface area contributed by atoms with Crippen molar-refractivity contribution in [2.24, 2.45) is 0 Å². The number of halogens is 3. The van der Waals surface area contributed by atoms with Gasteiger partial charge in [0, 0.05) is 31.9 Å². The number of methoxy groups -OCH3 is 1. The van der Waals surface area contributed by atoms with Crippen LogP contribution in [0.4, 0.5) is 0 Å². The van der Waals surface area contributed by atoms with Crippen LogP contribution in [-0.4, -0.2) is 12.1 Å². The molecule has 0 radical (unpaired) electrons. The van der Waals surface area contributed by atoms with E-state index >= 15 is 0 Å². The standard InChI is InChI=1S/C26H17Cl3N2OS/c1-32-21-10-5-17(6-11-21)25-13-22(16-2-7-19(27)8-3-16)23(14-30)26(31-25)33-15-18-4-9-20(28)12-24(18)29/h2-13H,15H2,1H3. The zero-order valence-electron chi connectivity index (χ0n) is 17.5. The summed E-state index contributed by atoms with van der Waals surface area (Å²) in [5.74, 6) is 1.31. The van der Waals surface area contributed by atoms with Crippen LogP contribution in [0.1, 0.15) is 11.1 Å². The average Bonchev–Trinajstić information content (AvgIpc) is 2.83. The van der Waals surface area contributed by atoms with E-state index in [1.807, 2.05) is 60.7 Å². The fourth-order valence-electron chi connectivity index (χ4n) is 3.29. The zero-order valence-corrected chi connectivity index (χ0v) is 20.6. The summed E-state index contributed by atoms with van der Waals surface area (Å²) in [6.45, 7) is 0. The van der Waals surface area contributed by atoms with Crippen LogP contribution in [0.25, 0.3) is 22.4 Å². The molecule has 0 unspecified atom stereocenters. The number of hydrogen-bond acceptors (Lipinski definition) is 4. The molecule has 0 saturated heterocycles. The number of ether oxygens (including phenoxy) is 1. The zero-order chi connectivity index (χ0) is 23.4. The van der Waals surface area contributed by atoms with E-state index in [1.165, 1.54) is 11.8 Å². The summed E-state index contributed by atoms with van der Waals surface area (Å²) >= 11 is 19.9. The normalized spacial score (nSPS) is 10.6. The summed E-state index contributed by atoms with van der Waals surface area (Å²) in [5.41, 5.74) is 4.77. The third kappa shape index (κ3) is 5.46. The van der Waals surface area contributed by atoms with Gasteiger partial charge < -0.3 is 4.74 Å². The van der Waals surface area contributed by atoms with Crippen molar-refractivity contribution in [2.45, 2.75) is 10.8 Å². The Balaban J connectivity index is 1.81. The van der Waals surface area contributed by atoms with Crippen LogP contribution in [0.2, 0.25) is 15.1 Å². The minimum atomic E-state index is 0.504. The summed E-state index contributed by atoms with van der Waals surface area (Å²) in [4.78, 5) is 4.84. The maximum absolute atomic E-state index is 10.0. The molecule has 0 aliphatic carbocycles. The number of hydrogen-bond donors (Lipinski definition) is 0. The van der Waals surface area contributed by atoms with Crippen LogP contribution >= 0.6 is 46.6 Å². The minimum absolute atomic E-state index is 0.504. The van der Waals surface area contributed by atoms with Crippen LogP contribution in [0.3, 0.4) is 0 Å². The van der Waals surface area contributed by atoms with Gasteiger partial charge >= 0.3 is 0 Å². The molecule has 0 aliphatic rings. The van der Waals surface area contributed by atoms with Gasteiger partial charge in [-0.1, -0.05) is 53.0 Å². The second-order valence-electron chi connectivity index (χ2n) is 7.11. The van der Waals surface area contributed by atoms with Crippen LogP contribution < -0.4 is 4.74 Å². The number of nitriles is 1. The maximum atomic E-state index is 10.0. The smallest absolute Gasteiger partial charge is 0.118 e. The Morgan fingerprint density at radius 2 is 1.55 bits per heavy atom. The van der Waals surface area contributed by atoms with Gasteiger partial charge in [-0.3, -0.25) is 0 Å². The van der Waals surface area contributed by atoms with Crippen molar-refractivity contribution in [2.75, 3.05) is 7.11 Å². The van der Waals surface area contributed by atoms with Gasteiger partial charge in [0.05, 0.1) is 18.4 Å². The van der Waals surface area contributed by atoms with E-state index in [1.54, 1.807) is 19.2 Å². The van der Waals surface area contributed by atoms with Crippen LogP contribution in [0, 0.1) is 11.3 Å². The first-order valence-corrected chi connectivity index (χ1v) is 12.0. The van der Waals surface area contributed by atoms with Crippen molar-refractivity contribution < 1.29 is 4.74 Å². The number of aromatic nitrogens is 1. The quantitative estimate of drug-likeness (QED) is 0.243. The van der Waals surface area contributed by atoms with Gasteiger partial charge in [-0.25, -0.2) is 4.98 Å². The summed E-state index contributed by atoms with van der Waals surface area (Å²) < 4.78 is 5.27. The van der Waals surface area contributed by atoms with Gasteiger partial charge in [0.2, 0.25) is 0 Å². The minimum Gasteiger partial charge on any atom is -0.497 e. The number of nitrogens with zero attached hydrogens (tertiary/aromatic N) is 2. The molecule has 0 aliphatic heterocycles. The van der Waals surface area contributed by atoms with Gasteiger partial charge in [0.1, 0.15) is 16.8 Å². The number of pyridine rings is 1. The summed E-state index contributed by atoms with van der Waals surface area (Å²) in [5, 5.41) is 12.5. The Bertz CT molecular complexity index is 1330. The molecule has 3 nitrogen and oxygen atoms in total. The van der Waals surface area contributed by atoms with Crippen LogP contribution in [-0.2, 0) is 5.75 Å². The second kappa shape index (κ2) is 10.5. The molecule has 0 saturated carbocycles. The summed E-state index contributed by atoms with van der Waals surface area (Å²) in [7, 11) is 1.63. The van der Waals surface area contributed by atoms with Gasteiger partial charge in [0.25, 0.3) is 0 Å².